The summed E-state index contributed by atoms with van der Waals surface area (Å²) >= 11 is 0. The monoisotopic (exact) mass is 559 g/mol. The van der Waals surface area contributed by atoms with E-state index < -0.39 is 48.3 Å². The highest BCUT2D eigenvalue weighted by atomic mass is 19.4. The van der Waals surface area contributed by atoms with Crippen molar-refractivity contribution in [3.63, 3.8) is 0 Å². The first-order valence-electron chi connectivity index (χ1n) is 12.4. The lowest BCUT2D eigenvalue weighted by atomic mass is 9.85. The number of alkyl halides is 5. The summed E-state index contributed by atoms with van der Waals surface area (Å²) in [6.07, 6.45) is -2.03. The van der Waals surface area contributed by atoms with Crippen molar-refractivity contribution < 1.29 is 35.5 Å². The summed E-state index contributed by atoms with van der Waals surface area (Å²) in [5.41, 5.74) is -0.823. The number of rotatable bonds is 7. The maximum Gasteiger partial charge on any atom is 0.418 e. The van der Waals surface area contributed by atoms with Gasteiger partial charge in [-0.15, -0.1) is 5.10 Å². The molecule has 0 radical (unpaired) electrons. The summed E-state index contributed by atoms with van der Waals surface area (Å²) in [5.74, 6) is -1.16. The zero-order valence-corrected chi connectivity index (χ0v) is 21.2. The first-order chi connectivity index (χ1) is 18.4. The Morgan fingerprint density at radius 1 is 1.05 bits per heavy atom. The molecule has 0 aliphatic heterocycles. The van der Waals surface area contributed by atoms with Crippen LogP contribution in [0, 0.1) is 18.6 Å². The lowest BCUT2D eigenvalue weighted by Gasteiger charge is -2.22. The Bertz CT molecular complexity index is 1240. The normalized spacial score (nSPS) is 14.2. The van der Waals surface area contributed by atoms with Crippen molar-refractivity contribution >= 4 is 0 Å². The fourth-order valence-corrected chi connectivity index (χ4v) is 4.33. The van der Waals surface area contributed by atoms with E-state index in [9.17, 15) is 35.5 Å². The van der Waals surface area contributed by atoms with Crippen molar-refractivity contribution in [3.05, 3.63) is 87.0 Å². The summed E-state index contributed by atoms with van der Waals surface area (Å²) in [5, 5.41) is 3.97. The van der Waals surface area contributed by atoms with Crippen molar-refractivity contribution in [3.8, 4) is 5.88 Å². The zero-order chi connectivity index (χ0) is 28.6. The van der Waals surface area contributed by atoms with Crippen LogP contribution in [0.3, 0.4) is 0 Å². The summed E-state index contributed by atoms with van der Waals surface area (Å²) in [6.45, 7) is 0.830. The number of aryl methyl sites for hydroxylation is 1. The van der Waals surface area contributed by atoms with E-state index in [1.165, 1.54) is 30.5 Å². The largest absolute Gasteiger partial charge is 0.476 e. The van der Waals surface area contributed by atoms with Crippen LogP contribution in [-0.2, 0) is 12.7 Å². The van der Waals surface area contributed by atoms with Crippen LogP contribution in [0.1, 0.15) is 66.8 Å². The van der Waals surface area contributed by atoms with E-state index in [0.717, 1.165) is 48.9 Å². The van der Waals surface area contributed by atoms with Gasteiger partial charge in [0.05, 0.1) is 24.4 Å². The number of halogens is 7. The Balaban J connectivity index is 0.000000395. The number of hydrogen-bond donors (Lipinski definition) is 0. The van der Waals surface area contributed by atoms with E-state index in [0.29, 0.717) is 11.1 Å². The first-order valence-corrected chi connectivity index (χ1v) is 12.4. The highest BCUT2D eigenvalue weighted by Gasteiger charge is 2.34. The molecule has 2 heterocycles. The highest BCUT2D eigenvalue weighted by molar-refractivity contribution is 5.26. The van der Waals surface area contributed by atoms with E-state index >= 15 is 0 Å². The van der Waals surface area contributed by atoms with Crippen molar-refractivity contribution in [2.75, 3.05) is 6.61 Å². The quantitative estimate of drug-likeness (QED) is 0.291. The molecule has 1 fully saturated rings. The molecule has 212 valence electrons. The second-order valence-electron chi connectivity index (χ2n) is 9.21. The number of pyridine rings is 1. The summed E-state index contributed by atoms with van der Waals surface area (Å²) in [4.78, 5) is 16.8. The molecule has 1 aliphatic carbocycles. The third-order valence-corrected chi connectivity index (χ3v) is 6.11. The Hall–Kier alpha value is -3.44. The van der Waals surface area contributed by atoms with E-state index in [1.54, 1.807) is 6.92 Å². The van der Waals surface area contributed by atoms with Gasteiger partial charge in [0.15, 0.2) is 0 Å². The second-order valence-corrected chi connectivity index (χ2v) is 9.21. The molecule has 0 amide bonds. The van der Waals surface area contributed by atoms with Gasteiger partial charge in [0.25, 0.3) is 5.56 Å². The molecule has 0 bridgehead atoms. The van der Waals surface area contributed by atoms with Crippen LogP contribution < -0.4 is 10.3 Å². The van der Waals surface area contributed by atoms with Gasteiger partial charge in [-0.1, -0.05) is 19.3 Å². The molecule has 12 heteroatoms. The van der Waals surface area contributed by atoms with Crippen LogP contribution in [-0.4, -0.2) is 27.8 Å². The van der Waals surface area contributed by atoms with Gasteiger partial charge in [0, 0.05) is 30.3 Å². The van der Waals surface area contributed by atoms with Gasteiger partial charge in [-0.25, -0.2) is 22.2 Å². The maximum atomic E-state index is 13.3. The second kappa shape index (κ2) is 13.6. The summed E-state index contributed by atoms with van der Waals surface area (Å²) in [6, 6.07) is 6.90. The standard InChI is InChI=1S/C20H22F5N3O2.C7H6F2/c21-17(22)8-10-30-18-11-14(13-5-2-1-3-6-13)19(29)28(27-18)12-16-15(20(23,24)25)7-4-9-26-16;1-5-2-6(8)4-7(9)3-5/h4,7,9,11,13,17H,1-3,5-6,8,10,12H2;2-4H,1H3. The van der Waals surface area contributed by atoms with Crippen molar-refractivity contribution in [1.29, 1.82) is 0 Å². The van der Waals surface area contributed by atoms with Gasteiger partial charge in [-0.3, -0.25) is 9.78 Å². The van der Waals surface area contributed by atoms with E-state index in [1.807, 2.05) is 0 Å². The first kappa shape index (κ1) is 30.1. The predicted octanol–water partition coefficient (Wildman–Crippen LogP) is 7.06. The maximum absolute atomic E-state index is 13.3. The SMILES string of the molecule is Cc1cc(F)cc(F)c1.O=c1c(C2CCCCC2)cc(OCCC(F)F)nn1Cc1ncccc1C(F)(F)F. The molecule has 0 atom stereocenters. The molecule has 0 N–H and O–H groups in total. The smallest absolute Gasteiger partial charge is 0.418 e. The molecule has 2 aromatic heterocycles. The minimum absolute atomic E-state index is 0.0553. The molecule has 5 nitrogen and oxygen atoms in total. The van der Waals surface area contributed by atoms with Crippen molar-refractivity contribution in [1.82, 2.24) is 14.8 Å². The Kier molecular flexibility index (Phi) is 10.5. The molecule has 4 rings (SSSR count). The number of nitrogens with zero attached hydrogens (tertiary/aromatic N) is 3. The third-order valence-electron chi connectivity index (χ3n) is 6.11. The molecule has 1 saturated carbocycles. The van der Waals surface area contributed by atoms with E-state index in [4.69, 9.17) is 4.74 Å². The van der Waals surface area contributed by atoms with E-state index in [2.05, 4.69) is 10.1 Å². The molecule has 0 saturated heterocycles. The average Bonchev–Trinajstić information content (AvgIpc) is 2.85. The summed E-state index contributed by atoms with van der Waals surface area (Å²) < 4.78 is 95.3. The average molecular weight is 560 g/mol. The fourth-order valence-electron chi connectivity index (χ4n) is 4.33. The molecular formula is C27H28F7N3O2. The lowest BCUT2D eigenvalue weighted by molar-refractivity contribution is -0.138. The van der Waals surface area contributed by atoms with Crippen LogP contribution in [0.4, 0.5) is 30.7 Å². The van der Waals surface area contributed by atoms with Gasteiger partial charge in [-0.2, -0.15) is 13.2 Å². The van der Waals surface area contributed by atoms with Crippen LogP contribution in [0.15, 0.2) is 47.4 Å². The molecule has 0 spiro atoms. The number of benzene rings is 1. The van der Waals surface area contributed by atoms with E-state index in [-0.39, 0.29) is 24.1 Å². The van der Waals surface area contributed by atoms with Crippen molar-refractivity contribution in [2.45, 2.75) is 70.5 Å². The predicted molar refractivity (Wildman–Crippen MR) is 130 cm³/mol. The fraction of sp³-hybridized carbons (Fsp3) is 0.444. The van der Waals surface area contributed by atoms with Crippen LogP contribution >= 0.6 is 0 Å². The molecule has 1 aromatic carbocycles. The Morgan fingerprint density at radius 3 is 2.31 bits per heavy atom. The van der Waals surface area contributed by atoms with Crippen LogP contribution in [0.25, 0.3) is 0 Å². The highest BCUT2D eigenvalue weighted by Crippen LogP contribution is 2.33. The van der Waals surface area contributed by atoms with Gasteiger partial charge < -0.3 is 4.74 Å². The van der Waals surface area contributed by atoms with Gasteiger partial charge in [-0.05, 0) is 55.5 Å². The number of hydrogen-bond acceptors (Lipinski definition) is 4. The van der Waals surface area contributed by atoms with Gasteiger partial charge >= 0.3 is 6.18 Å². The molecular weight excluding hydrogens is 531 g/mol. The minimum atomic E-state index is -4.63. The summed E-state index contributed by atoms with van der Waals surface area (Å²) in [7, 11) is 0. The zero-order valence-electron chi connectivity index (χ0n) is 21.2. The number of ether oxygens (including phenoxy) is 1. The lowest BCUT2D eigenvalue weighted by Crippen LogP contribution is -2.30. The molecule has 3 aromatic rings. The molecule has 1 aliphatic rings. The third kappa shape index (κ3) is 9.07. The van der Waals surface area contributed by atoms with Gasteiger partial charge in [0.2, 0.25) is 12.3 Å². The topological polar surface area (TPSA) is 57.0 Å². The van der Waals surface area contributed by atoms with Crippen LogP contribution in [0.5, 0.6) is 5.88 Å². The van der Waals surface area contributed by atoms with Crippen LogP contribution in [0.2, 0.25) is 0 Å². The van der Waals surface area contributed by atoms with Crippen molar-refractivity contribution in [2.24, 2.45) is 0 Å². The number of aromatic nitrogens is 3. The molecule has 39 heavy (non-hydrogen) atoms. The minimum Gasteiger partial charge on any atom is -0.476 e. The Labute approximate surface area is 220 Å². The van der Waals surface area contributed by atoms with Gasteiger partial charge in [0.1, 0.15) is 11.6 Å². The Morgan fingerprint density at radius 2 is 1.72 bits per heavy atom. The molecule has 0 unspecified atom stereocenters.